The second-order valence-electron chi connectivity index (χ2n) is 4.93. The molecule has 2 aromatic rings. The van der Waals surface area contributed by atoms with Gasteiger partial charge in [0.2, 0.25) is 0 Å². The minimum atomic E-state index is 0.215. The van der Waals surface area contributed by atoms with Crippen molar-refractivity contribution in [2.24, 2.45) is 0 Å². The van der Waals surface area contributed by atoms with Crippen molar-refractivity contribution in [1.29, 1.82) is 0 Å². The Bertz CT molecular complexity index is 493. The van der Waals surface area contributed by atoms with Crippen LogP contribution in [0, 0.1) is 0 Å². The number of aromatic nitrogens is 2. The maximum atomic E-state index is 4.88. The third kappa shape index (κ3) is 3.32. The van der Waals surface area contributed by atoms with Gasteiger partial charge < -0.3 is 9.42 Å². The fourth-order valence-corrected chi connectivity index (χ4v) is 1.86. The first kappa shape index (κ1) is 13.5. The molecule has 19 heavy (non-hydrogen) atoms. The van der Waals surface area contributed by atoms with Gasteiger partial charge in [-0.05, 0) is 25.6 Å². The molecule has 5 heteroatoms. The molecule has 0 unspecified atom stereocenters. The van der Waals surface area contributed by atoms with Gasteiger partial charge in [0.1, 0.15) is 17.8 Å². The monoisotopic (exact) mass is 260 g/mol. The van der Waals surface area contributed by atoms with Crippen LogP contribution in [0.5, 0.6) is 0 Å². The fraction of sp³-hybridized carbons (Fsp3) is 0.429. The summed E-state index contributed by atoms with van der Waals surface area (Å²) >= 11 is 0. The molecule has 0 fully saturated rings. The van der Waals surface area contributed by atoms with E-state index in [0.29, 0.717) is 0 Å². The van der Waals surface area contributed by atoms with Crippen LogP contribution < -0.4 is 4.90 Å². The van der Waals surface area contributed by atoms with Crippen LogP contribution in [0.15, 0.2) is 35.2 Å². The molecule has 102 valence electrons. The molecular formula is C14H20N4O. The van der Waals surface area contributed by atoms with Crippen LogP contribution >= 0.6 is 0 Å². The van der Waals surface area contributed by atoms with E-state index in [-0.39, 0.29) is 6.04 Å². The lowest BCUT2D eigenvalue weighted by Gasteiger charge is -2.22. The average molecular weight is 260 g/mol. The fourth-order valence-electron chi connectivity index (χ4n) is 1.86. The molecule has 1 atom stereocenters. The summed E-state index contributed by atoms with van der Waals surface area (Å²) in [4.78, 5) is 8.62. The van der Waals surface area contributed by atoms with E-state index in [1.54, 1.807) is 6.26 Å². The van der Waals surface area contributed by atoms with E-state index in [2.05, 4.69) is 35.1 Å². The molecule has 0 aliphatic heterocycles. The second kappa shape index (κ2) is 5.84. The Balaban J connectivity index is 2.00. The summed E-state index contributed by atoms with van der Waals surface area (Å²) in [7, 11) is 6.04. The summed E-state index contributed by atoms with van der Waals surface area (Å²) in [5.74, 6) is 0.968. The van der Waals surface area contributed by atoms with Crippen LogP contribution in [-0.4, -0.2) is 36.2 Å². The van der Waals surface area contributed by atoms with Crippen LogP contribution in [0.4, 0.5) is 5.82 Å². The second-order valence-corrected chi connectivity index (χ2v) is 4.93. The first-order valence-corrected chi connectivity index (χ1v) is 6.30. The third-order valence-electron chi connectivity index (χ3n) is 3.25. The minimum absolute atomic E-state index is 0.215. The highest BCUT2D eigenvalue weighted by Crippen LogP contribution is 2.19. The molecule has 5 nitrogen and oxygen atoms in total. The summed E-state index contributed by atoms with van der Waals surface area (Å²) in [6.45, 7) is 2.94. The molecule has 0 bridgehead atoms. The zero-order valence-corrected chi connectivity index (χ0v) is 11.9. The van der Waals surface area contributed by atoms with Crippen molar-refractivity contribution < 1.29 is 4.52 Å². The molecule has 0 amide bonds. The number of rotatable bonds is 5. The van der Waals surface area contributed by atoms with Gasteiger partial charge in [0, 0.05) is 32.9 Å². The zero-order valence-electron chi connectivity index (χ0n) is 11.9. The largest absolute Gasteiger partial charge is 0.364 e. The van der Waals surface area contributed by atoms with Crippen molar-refractivity contribution in [3.05, 3.63) is 41.9 Å². The Morgan fingerprint density at radius 3 is 2.53 bits per heavy atom. The van der Waals surface area contributed by atoms with Gasteiger partial charge in [-0.3, -0.25) is 4.90 Å². The zero-order chi connectivity index (χ0) is 13.8. The smallest absolute Gasteiger partial charge is 0.127 e. The number of pyridine rings is 1. The van der Waals surface area contributed by atoms with Crippen molar-refractivity contribution >= 4 is 5.82 Å². The summed E-state index contributed by atoms with van der Waals surface area (Å²) in [6.07, 6.45) is 3.52. The number of anilines is 1. The molecule has 2 aromatic heterocycles. The van der Waals surface area contributed by atoms with E-state index in [1.165, 1.54) is 5.56 Å². The average Bonchev–Trinajstić information content (AvgIpc) is 2.92. The van der Waals surface area contributed by atoms with E-state index < -0.39 is 0 Å². The van der Waals surface area contributed by atoms with E-state index in [0.717, 1.165) is 18.1 Å². The van der Waals surface area contributed by atoms with Crippen LogP contribution in [0.1, 0.15) is 24.2 Å². The summed E-state index contributed by atoms with van der Waals surface area (Å²) < 4.78 is 4.88. The van der Waals surface area contributed by atoms with Crippen molar-refractivity contribution in [3.63, 3.8) is 0 Å². The van der Waals surface area contributed by atoms with Gasteiger partial charge in [0.15, 0.2) is 0 Å². The van der Waals surface area contributed by atoms with E-state index >= 15 is 0 Å². The normalized spacial score (nSPS) is 12.7. The first-order chi connectivity index (χ1) is 9.08. The number of hydrogen-bond acceptors (Lipinski definition) is 5. The summed E-state index contributed by atoms with van der Waals surface area (Å²) in [5.41, 5.74) is 2.13. The van der Waals surface area contributed by atoms with Crippen molar-refractivity contribution in [2.75, 3.05) is 26.0 Å². The number of hydrogen-bond donors (Lipinski definition) is 0. The summed E-state index contributed by atoms with van der Waals surface area (Å²) in [6, 6.07) is 6.25. The van der Waals surface area contributed by atoms with Gasteiger partial charge >= 0.3 is 0 Å². The first-order valence-electron chi connectivity index (χ1n) is 6.30. The molecule has 0 spiro atoms. The quantitative estimate of drug-likeness (QED) is 0.825. The predicted molar refractivity (Wildman–Crippen MR) is 74.9 cm³/mol. The maximum absolute atomic E-state index is 4.88. The van der Waals surface area contributed by atoms with E-state index in [9.17, 15) is 0 Å². The Hall–Kier alpha value is -1.88. The Kier molecular flexibility index (Phi) is 4.16. The highest BCUT2D eigenvalue weighted by atomic mass is 16.5. The van der Waals surface area contributed by atoms with Gasteiger partial charge in [-0.1, -0.05) is 11.2 Å². The summed E-state index contributed by atoms with van der Waals surface area (Å²) in [5, 5.41) is 3.98. The van der Waals surface area contributed by atoms with E-state index in [4.69, 9.17) is 4.52 Å². The molecule has 0 aliphatic rings. The predicted octanol–water partition coefficient (Wildman–Crippen LogP) is 2.33. The number of nitrogens with zero attached hydrogens (tertiary/aromatic N) is 4. The van der Waals surface area contributed by atoms with E-state index in [1.807, 2.05) is 37.3 Å². The van der Waals surface area contributed by atoms with Gasteiger partial charge in [0.25, 0.3) is 0 Å². The van der Waals surface area contributed by atoms with Crippen molar-refractivity contribution in [3.8, 4) is 0 Å². The molecule has 2 rings (SSSR count). The highest BCUT2D eigenvalue weighted by molar-refractivity contribution is 5.37. The Labute approximate surface area is 113 Å². The lowest BCUT2D eigenvalue weighted by molar-refractivity contribution is 0.240. The minimum Gasteiger partial charge on any atom is -0.364 e. The molecular weight excluding hydrogens is 240 g/mol. The van der Waals surface area contributed by atoms with Crippen LogP contribution in [0.3, 0.4) is 0 Å². The van der Waals surface area contributed by atoms with Crippen LogP contribution in [-0.2, 0) is 6.54 Å². The molecule has 0 saturated heterocycles. The lowest BCUT2D eigenvalue weighted by atomic mass is 10.2. The molecule has 0 aromatic carbocycles. The molecule has 2 heterocycles. The van der Waals surface area contributed by atoms with Gasteiger partial charge in [0.05, 0.1) is 6.04 Å². The van der Waals surface area contributed by atoms with Gasteiger partial charge in [-0.2, -0.15) is 0 Å². The standard InChI is InChI=1S/C14H20N4O/c1-11(13-7-8-19-16-13)18(4)10-12-5-6-14(15-9-12)17(2)3/h5-9,11H,10H2,1-4H3/t11-/m1/s1. The lowest BCUT2D eigenvalue weighted by Crippen LogP contribution is -2.22. The topological polar surface area (TPSA) is 45.4 Å². The van der Waals surface area contributed by atoms with Gasteiger partial charge in [-0.15, -0.1) is 0 Å². The SMILES string of the molecule is C[C@H](c1ccon1)N(C)Cc1ccc(N(C)C)nc1. The third-order valence-corrected chi connectivity index (χ3v) is 3.25. The van der Waals surface area contributed by atoms with Crippen LogP contribution in [0.25, 0.3) is 0 Å². The Morgan fingerprint density at radius 2 is 2.00 bits per heavy atom. The van der Waals surface area contributed by atoms with Gasteiger partial charge in [-0.25, -0.2) is 4.98 Å². The molecule has 0 radical (unpaired) electrons. The van der Waals surface area contributed by atoms with Crippen LogP contribution in [0.2, 0.25) is 0 Å². The maximum Gasteiger partial charge on any atom is 0.127 e. The molecule has 0 saturated carbocycles. The van der Waals surface area contributed by atoms with Crippen molar-refractivity contribution in [1.82, 2.24) is 15.0 Å². The van der Waals surface area contributed by atoms with Crippen molar-refractivity contribution in [2.45, 2.75) is 19.5 Å². The molecule has 0 N–H and O–H groups in total. The Morgan fingerprint density at radius 1 is 1.21 bits per heavy atom. The molecule has 0 aliphatic carbocycles. The highest BCUT2D eigenvalue weighted by Gasteiger charge is 2.14.